The number of anilines is 2. The molecule has 3 amide bonds. The van der Waals surface area contributed by atoms with Crippen molar-refractivity contribution >= 4 is 57.7 Å². The molecule has 0 aliphatic heterocycles. The van der Waals surface area contributed by atoms with Gasteiger partial charge in [-0.3, -0.25) is 14.4 Å². The summed E-state index contributed by atoms with van der Waals surface area (Å²) in [6, 6.07) is 23.1. The van der Waals surface area contributed by atoms with Gasteiger partial charge in [0.25, 0.3) is 11.8 Å². The van der Waals surface area contributed by atoms with E-state index in [2.05, 4.69) is 20.9 Å². The van der Waals surface area contributed by atoms with Crippen LogP contribution in [0.5, 0.6) is 5.75 Å². The molecular weight excluding hydrogens is 556 g/mol. The number of aromatic nitrogens is 1. The second-order valence-electron chi connectivity index (χ2n) is 8.93. The third-order valence-electron chi connectivity index (χ3n) is 5.84. The Kier molecular flexibility index (Phi) is 10.3. The van der Waals surface area contributed by atoms with E-state index in [0.29, 0.717) is 34.1 Å². The Morgan fingerprint density at radius 3 is 2.41 bits per heavy atom. The number of hydrogen-bond donors (Lipinski definition) is 3. The summed E-state index contributed by atoms with van der Waals surface area (Å²) in [7, 11) is 1.58. The maximum atomic E-state index is 13.4. The van der Waals surface area contributed by atoms with E-state index in [1.54, 1.807) is 73.8 Å². The van der Waals surface area contributed by atoms with Gasteiger partial charge in [-0.25, -0.2) is 4.98 Å². The summed E-state index contributed by atoms with van der Waals surface area (Å²) in [6.45, 7) is 3.82. The van der Waals surface area contributed by atoms with Crippen LogP contribution in [-0.4, -0.2) is 35.1 Å². The van der Waals surface area contributed by atoms with Crippen LogP contribution in [0.25, 0.3) is 6.08 Å². The molecule has 0 bridgehead atoms. The zero-order valence-corrected chi connectivity index (χ0v) is 24.5. The van der Waals surface area contributed by atoms with Gasteiger partial charge in [0.2, 0.25) is 5.91 Å². The van der Waals surface area contributed by atoms with E-state index in [1.807, 2.05) is 37.4 Å². The van der Waals surface area contributed by atoms with E-state index in [1.165, 1.54) is 23.1 Å². The highest BCUT2D eigenvalue weighted by Gasteiger charge is 2.20. The van der Waals surface area contributed by atoms with Crippen molar-refractivity contribution in [3.63, 3.8) is 0 Å². The van der Waals surface area contributed by atoms with Gasteiger partial charge in [-0.05, 0) is 67.4 Å². The summed E-state index contributed by atoms with van der Waals surface area (Å²) in [5, 5.41) is 10.6. The topological polar surface area (TPSA) is 109 Å². The summed E-state index contributed by atoms with van der Waals surface area (Å²) >= 11 is 2.79. The van der Waals surface area contributed by atoms with E-state index >= 15 is 0 Å². The molecular formula is C31H30N4O4S2. The number of thiazole rings is 1. The maximum absolute atomic E-state index is 13.4. The molecule has 8 nitrogen and oxygen atoms in total. The Morgan fingerprint density at radius 1 is 1.00 bits per heavy atom. The molecule has 1 aromatic heterocycles. The van der Waals surface area contributed by atoms with E-state index in [0.717, 1.165) is 10.6 Å². The summed E-state index contributed by atoms with van der Waals surface area (Å²) in [4.78, 5) is 44.3. The van der Waals surface area contributed by atoms with Crippen LogP contribution < -0.4 is 20.7 Å². The summed E-state index contributed by atoms with van der Waals surface area (Å²) in [5.41, 5.74) is 2.60. The molecule has 0 fully saturated rings. The van der Waals surface area contributed by atoms with Gasteiger partial charge in [-0.15, -0.1) is 23.1 Å². The van der Waals surface area contributed by atoms with Gasteiger partial charge < -0.3 is 20.7 Å². The molecule has 1 unspecified atom stereocenters. The van der Waals surface area contributed by atoms with Gasteiger partial charge in [0.05, 0.1) is 18.1 Å². The second-order valence-corrected chi connectivity index (χ2v) is 11.1. The smallest absolute Gasteiger partial charge is 0.272 e. The fourth-order valence-electron chi connectivity index (χ4n) is 3.74. The van der Waals surface area contributed by atoms with Crippen LogP contribution in [0, 0.1) is 6.92 Å². The highest BCUT2D eigenvalue weighted by molar-refractivity contribution is 8.00. The largest absolute Gasteiger partial charge is 0.497 e. The van der Waals surface area contributed by atoms with Crippen molar-refractivity contribution in [2.45, 2.75) is 30.4 Å². The average molecular weight is 587 g/mol. The van der Waals surface area contributed by atoms with Crippen molar-refractivity contribution in [2.75, 3.05) is 17.7 Å². The number of methoxy groups -OCH3 is 1. The summed E-state index contributed by atoms with van der Waals surface area (Å²) in [5.74, 6) is -0.348. The average Bonchev–Trinajstić information content (AvgIpc) is 3.40. The standard InChI is InChI=1S/C31H30N4O4S2/c1-4-27(30(38)35-31-32-20(2)19-40-31)41-25-12-8-11-23(18-25)33-29(37)26(17-21-13-15-24(39-3)16-14-21)34-28(36)22-9-6-5-7-10-22/h5-19,27H,4H2,1-3H3,(H,33,37)(H,34,36)(H,32,35,38)/b26-17+. The van der Waals surface area contributed by atoms with Crippen molar-refractivity contribution in [1.82, 2.24) is 10.3 Å². The zero-order chi connectivity index (χ0) is 29.2. The van der Waals surface area contributed by atoms with Crippen molar-refractivity contribution < 1.29 is 19.1 Å². The van der Waals surface area contributed by atoms with Crippen LogP contribution in [0.1, 0.15) is 35.0 Å². The maximum Gasteiger partial charge on any atom is 0.272 e. The Hall–Kier alpha value is -4.41. The minimum atomic E-state index is -0.490. The van der Waals surface area contributed by atoms with Crippen molar-refractivity contribution in [2.24, 2.45) is 0 Å². The van der Waals surface area contributed by atoms with Gasteiger partial charge in [0, 0.05) is 21.5 Å². The Balaban J connectivity index is 1.50. The predicted octanol–water partition coefficient (Wildman–Crippen LogP) is 6.38. The monoisotopic (exact) mass is 586 g/mol. The fourth-order valence-corrected chi connectivity index (χ4v) is 5.44. The Bertz CT molecular complexity index is 1540. The molecule has 0 saturated carbocycles. The zero-order valence-electron chi connectivity index (χ0n) is 22.8. The summed E-state index contributed by atoms with van der Waals surface area (Å²) in [6.07, 6.45) is 2.21. The lowest BCUT2D eigenvalue weighted by Gasteiger charge is -2.15. The number of benzene rings is 3. The third-order valence-corrected chi connectivity index (χ3v) is 8.07. The normalized spacial score (nSPS) is 11.8. The molecule has 4 rings (SSSR count). The molecule has 210 valence electrons. The van der Waals surface area contributed by atoms with Gasteiger partial charge >= 0.3 is 0 Å². The first-order chi connectivity index (χ1) is 19.8. The minimum absolute atomic E-state index is 0.0756. The van der Waals surface area contributed by atoms with Gasteiger partial charge in [-0.1, -0.05) is 43.3 Å². The van der Waals surface area contributed by atoms with Gasteiger partial charge in [-0.2, -0.15) is 0 Å². The van der Waals surface area contributed by atoms with Crippen molar-refractivity contribution in [1.29, 1.82) is 0 Å². The molecule has 0 spiro atoms. The lowest BCUT2D eigenvalue weighted by molar-refractivity contribution is -0.116. The van der Waals surface area contributed by atoms with E-state index in [9.17, 15) is 14.4 Å². The number of ether oxygens (including phenoxy) is 1. The molecule has 3 N–H and O–H groups in total. The molecule has 0 radical (unpaired) electrons. The number of carbonyl (C=O) groups is 3. The first-order valence-corrected chi connectivity index (χ1v) is 14.6. The molecule has 0 aliphatic carbocycles. The first kappa shape index (κ1) is 29.6. The number of rotatable bonds is 11. The van der Waals surface area contributed by atoms with Crippen LogP contribution in [-0.2, 0) is 9.59 Å². The van der Waals surface area contributed by atoms with E-state index < -0.39 is 11.8 Å². The molecule has 10 heteroatoms. The van der Waals surface area contributed by atoms with E-state index in [-0.39, 0.29) is 16.9 Å². The van der Waals surface area contributed by atoms with E-state index in [4.69, 9.17) is 4.74 Å². The van der Waals surface area contributed by atoms with Gasteiger partial charge in [0.1, 0.15) is 11.4 Å². The quantitative estimate of drug-likeness (QED) is 0.139. The molecule has 41 heavy (non-hydrogen) atoms. The molecule has 0 saturated heterocycles. The summed E-state index contributed by atoms with van der Waals surface area (Å²) < 4.78 is 5.22. The number of hydrogen-bond acceptors (Lipinski definition) is 7. The number of aryl methyl sites for hydroxylation is 1. The molecule has 1 atom stereocenters. The van der Waals surface area contributed by atoms with Crippen LogP contribution in [0.3, 0.4) is 0 Å². The second kappa shape index (κ2) is 14.3. The molecule has 4 aromatic rings. The first-order valence-electron chi connectivity index (χ1n) is 12.9. The highest BCUT2D eigenvalue weighted by Crippen LogP contribution is 2.29. The molecule has 1 heterocycles. The van der Waals surface area contributed by atoms with Crippen molar-refractivity contribution in [3.05, 3.63) is 107 Å². The molecule has 3 aromatic carbocycles. The van der Waals surface area contributed by atoms with Crippen LogP contribution in [0.15, 0.2) is 94.8 Å². The van der Waals surface area contributed by atoms with Crippen LogP contribution in [0.4, 0.5) is 10.8 Å². The number of carbonyl (C=O) groups excluding carboxylic acids is 3. The Morgan fingerprint density at radius 2 is 1.76 bits per heavy atom. The predicted molar refractivity (Wildman–Crippen MR) is 165 cm³/mol. The highest BCUT2D eigenvalue weighted by atomic mass is 32.2. The van der Waals surface area contributed by atoms with Crippen LogP contribution >= 0.6 is 23.1 Å². The number of nitrogens with zero attached hydrogens (tertiary/aromatic N) is 1. The number of amides is 3. The Labute approximate surface area is 247 Å². The van der Waals surface area contributed by atoms with Crippen molar-refractivity contribution in [3.8, 4) is 5.75 Å². The fraction of sp³-hybridized carbons (Fsp3) is 0.161. The van der Waals surface area contributed by atoms with Gasteiger partial charge in [0.15, 0.2) is 5.13 Å². The lowest BCUT2D eigenvalue weighted by atomic mass is 10.1. The number of nitrogens with one attached hydrogen (secondary N) is 3. The number of thioether (sulfide) groups is 1. The lowest BCUT2D eigenvalue weighted by Crippen LogP contribution is -2.30. The molecule has 0 aliphatic rings. The minimum Gasteiger partial charge on any atom is -0.497 e. The third kappa shape index (κ3) is 8.54. The van der Waals surface area contributed by atoms with Crippen LogP contribution in [0.2, 0.25) is 0 Å². The SMILES string of the molecule is CCC(Sc1cccc(NC(=O)/C(=C\c2ccc(OC)cc2)NC(=O)c2ccccc2)c1)C(=O)Nc1nc(C)cs1.